The van der Waals surface area contributed by atoms with E-state index in [0.29, 0.717) is 22.7 Å². The number of phenolic OH excluding ortho intramolecular Hbond substituents is 1. The lowest BCUT2D eigenvalue weighted by molar-refractivity contribution is 0.271. The van der Waals surface area contributed by atoms with Gasteiger partial charge in [-0.05, 0) is 34.5 Å². The van der Waals surface area contributed by atoms with Crippen molar-refractivity contribution in [3.63, 3.8) is 0 Å². The Morgan fingerprint density at radius 3 is 2.83 bits per heavy atom. The molecule has 1 unspecified atom stereocenters. The van der Waals surface area contributed by atoms with Gasteiger partial charge in [0.1, 0.15) is 11.6 Å². The molecule has 0 saturated carbocycles. The van der Waals surface area contributed by atoms with Gasteiger partial charge >= 0.3 is 0 Å². The number of anilines is 1. The first kappa shape index (κ1) is 15.8. The molecule has 2 heterocycles. The lowest BCUT2D eigenvalue weighted by atomic mass is 10.1. The minimum Gasteiger partial charge on any atom is -0.507 e. The van der Waals surface area contributed by atoms with Crippen LogP contribution in [0.2, 0.25) is 0 Å². The number of aromatic nitrogens is 3. The fourth-order valence-corrected chi connectivity index (χ4v) is 2.70. The Balaban J connectivity index is 2.17. The zero-order chi connectivity index (χ0) is 16.4. The molecule has 0 saturated heterocycles. The van der Waals surface area contributed by atoms with Crippen LogP contribution in [0.3, 0.4) is 0 Å². The van der Waals surface area contributed by atoms with E-state index < -0.39 is 0 Å². The molecule has 1 aromatic carbocycles. The predicted molar refractivity (Wildman–Crippen MR) is 92.6 cm³/mol. The standard InChI is InChI=1S/C16H17BrN4O2/c1-2-10(9-22)19-15-7-13(11-5-3-4-6-14(11)23)20-16-12(17)8-18-21(15)16/h3-8,10,19,22-23H,2,9H2,1H3. The number of benzene rings is 1. The molecule has 0 radical (unpaired) electrons. The summed E-state index contributed by atoms with van der Waals surface area (Å²) in [6.07, 6.45) is 2.44. The zero-order valence-corrected chi connectivity index (χ0v) is 14.2. The minimum atomic E-state index is -0.0826. The van der Waals surface area contributed by atoms with Crippen molar-refractivity contribution < 1.29 is 10.2 Å². The second-order valence-electron chi connectivity index (χ2n) is 5.20. The quantitative estimate of drug-likeness (QED) is 0.637. The maximum Gasteiger partial charge on any atom is 0.172 e. The van der Waals surface area contributed by atoms with Crippen LogP contribution >= 0.6 is 15.9 Å². The van der Waals surface area contributed by atoms with Crippen LogP contribution in [0.15, 0.2) is 41.0 Å². The molecule has 7 heteroatoms. The SMILES string of the molecule is CCC(CO)Nc1cc(-c2ccccc2O)nc2c(Br)cnn12. The second-order valence-corrected chi connectivity index (χ2v) is 6.06. The average Bonchev–Trinajstić information content (AvgIpc) is 2.94. The second kappa shape index (κ2) is 6.55. The molecule has 120 valence electrons. The van der Waals surface area contributed by atoms with Crippen molar-refractivity contribution in [2.24, 2.45) is 0 Å². The Labute approximate surface area is 141 Å². The molecule has 23 heavy (non-hydrogen) atoms. The van der Waals surface area contributed by atoms with Gasteiger partial charge in [-0.15, -0.1) is 0 Å². The molecular formula is C16H17BrN4O2. The number of rotatable bonds is 5. The van der Waals surface area contributed by atoms with Crippen LogP contribution in [0.4, 0.5) is 5.82 Å². The average molecular weight is 377 g/mol. The molecule has 0 amide bonds. The third-order valence-corrected chi connectivity index (χ3v) is 4.23. The number of halogens is 1. The normalized spacial score (nSPS) is 12.5. The van der Waals surface area contributed by atoms with E-state index >= 15 is 0 Å². The van der Waals surface area contributed by atoms with Gasteiger partial charge in [0.05, 0.1) is 29.0 Å². The molecule has 0 aliphatic rings. The van der Waals surface area contributed by atoms with Crippen molar-refractivity contribution in [1.29, 1.82) is 0 Å². The predicted octanol–water partition coefficient (Wildman–Crippen LogP) is 3.05. The van der Waals surface area contributed by atoms with Gasteiger partial charge in [-0.25, -0.2) is 4.98 Å². The van der Waals surface area contributed by atoms with E-state index in [1.165, 1.54) is 0 Å². The van der Waals surface area contributed by atoms with Crippen molar-refractivity contribution >= 4 is 27.4 Å². The largest absolute Gasteiger partial charge is 0.507 e. The summed E-state index contributed by atoms with van der Waals surface area (Å²) >= 11 is 3.44. The number of hydrogen-bond acceptors (Lipinski definition) is 5. The summed E-state index contributed by atoms with van der Waals surface area (Å²) in [4.78, 5) is 4.58. The Bertz CT molecular complexity index is 830. The highest BCUT2D eigenvalue weighted by Gasteiger charge is 2.15. The molecule has 0 aliphatic heterocycles. The van der Waals surface area contributed by atoms with E-state index in [4.69, 9.17) is 0 Å². The summed E-state index contributed by atoms with van der Waals surface area (Å²) in [5.41, 5.74) is 1.91. The minimum absolute atomic E-state index is 0.0225. The summed E-state index contributed by atoms with van der Waals surface area (Å²) in [6.45, 7) is 2.02. The van der Waals surface area contributed by atoms with Gasteiger partial charge < -0.3 is 15.5 Å². The third-order valence-electron chi connectivity index (χ3n) is 3.67. The first-order valence-corrected chi connectivity index (χ1v) is 8.13. The summed E-state index contributed by atoms with van der Waals surface area (Å²) < 4.78 is 2.43. The summed E-state index contributed by atoms with van der Waals surface area (Å²) in [5.74, 6) is 0.875. The van der Waals surface area contributed by atoms with Crippen LogP contribution in [0.5, 0.6) is 5.75 Å². The van der Waals surface area contributed by atoms with E-state index in [9.17, 15) is 10.2 Å². The van der Waals surface area contributed by atoms with Crippen molar-refractivity contribution in [1.82, 2.24) is 14.6 Å². The Morgan fingerprint density at radius 2 is 2.13 bits per heavy atom. The van der Waals surface area contributed by atoms with Crippen molar-refractivity contribution in [3.05, 3.63) is 41.0 Å². The topological polar surface area (TPSA) is 82.7 Å². The van der Waals surface area contributed by atoms with E-state index in [1.807, 2.05) is 25.1 Å². The summed E-state index contributed by atoms with van der Waals surface area (Å²) in [6, 6.07) is 8.79. The van der Waals surface area contributed by atoms with E-state index in [1.54, 1.807) is 22.8 Å². The van der Waals surface area contributed by atoms with Gasteiger partial charge in [-0.1, -0.05) is 19.1 Å². The maximum atomic E-state index is 10.1. The number of phenols is 1. The number of para-hydroxylation sites is 1. The van der Waals surface area contributed by atoms with Crippen LogP contribution < -0.4 is 5.32 Å². The zero-order valence-electron chi connectivity index (χ0n) is 12.6. The number of aliphatic hydroxyl groups is 1. The van der Waals surface area contributed by atoms with Gasteiger partial charge in [-0.2, -0.15) is 9.61 Å². The third kappa shape index (κ3) is 3.02. The van der Waals surface area contributed by atoms with E-state index in [2.05, 4.69) is 31.3 Å². The molecule has 0 spiro atoms. The van der Waals surface area contributed by atoms with Crippen molar-refractivity contribution in [2.45, 2.75) is 19.4 Å². The molecule has 2 aromatic heterocycles. The molecule has 0 aliphatic carbocycles. The van der Waals surface area contributed by atoms with Crippen LogP contribution in [0, 0.1) is 0 Å². The van der Waals surface area contributed by atoms with Gasteiger partial charge in [0, 0.05) is 11.6 Å². The molecular weight excluding hydrogens is 360 g/mol. The molecule has 0 fully saturated rings. The fourth-order valence-electron chi connectivity index (χ4n) is 2.35. The first-order chi connectivity index (χ1) is 11.1. The van der Waals surface area contributed by atoms with Crippen LogP contribution in [0.1, 0.15) is 13.3 Å². The lowest BCUT2D eigenvalue weighted by Gasteiger charge is -2.17. The Kier molecular flexibility index (Phi) is 4.49. The number of nitrogens with one attached hydrogen (secondary N) is 1. The van der Waals surface area contributed by atoms with Crippen molar-refractivity contribution in [3.8, 4) is 17.0 Å². The van der Waals surface area contributed by atoms with Gasteiger partial charge in [0.25, 0.3) is 0 Å². The number of hydrogen-bond donors (Lipinski definition) is 3. The highest BCUT2D eigenvalue weighted by atomic mass is 79.9. The van der Waals surface area contributed by atoms with E-state index in [0.717, 1.165) is 10.9 Å². The Morgan fingerprint density at radius 1 is 1.35 bits per heavy atom. The smallest absolute Gasteiger partial charge is 0.172 e. The number of nitrogens with zero attached hydrogens (tertiary/aromatic N) is 3. The number of fused-ring (bicyclic) bond motifs is 1. The van der Waals surface area contributed by atoms with Gasteiger partial charge in [0.15, 0.2) is 5.65 Å². The highest BCUT2D eigenvalue weighted by molar-refractivity contribution is 9.10. The molecule has 3 N–H and O–H groups in total. The fraction of sp³-hybridized carbons (Fsp3) is 0.250. The van der Waals surface area contributed by atoms with Crippen LogP contribution in [0.25, 0.3) is 16.9 Å². The lowest BCUT2D eigenvalue weighted by Crippen LogP contribution is -2.24. The highest BCUT2D eigenvalue weighted by Crippen LogP contribution is 2.31. The summed E-state index contributed by atoms with van der Waals surface area (Å²) in [5, 5.41) is 27.1. The van der Waals surface area contributed by atoms with Gasteiger partial charge in [-0.3, -0.25) is 0 Å². The van der Waals surface area contributed by atoms with Crippen LogP contribution in [-0.2, 0) is 0 Å². The first-order valence-electron chi connectivity index (χ1n) is 7.34. The summed E-state index contributed by atoms with van der Waals surface area (Å²) in [7, 11) is 0. The number of aliphatic hydroxyl groups excluding tert-OH is 1. The molecule has 1 atom stereocenters. The van der Waals surface area contributed by atoms with Gasteiger partial charge in [0.2, 0.25) is 0 Å². The van der Waals surface area contributed by atoms with E-state index in [-0.39, 0.29) is 18.4 Å². The number of aromatic hydroxyl groups is 1. The van der Waals surface area contributed by atoms with Crippen molar-refractivity contribution in [2.75, 3.05) is 11.9 Å². The maximum absolute atomic E-state index is 10.1. The monoisotopic (exact) mass is 376 g/mol. The molecule has 6 nitrogen and oxygen atoms in total. The molecule has 3 aromatic rings. The molecule has 3 rings (SSSR count). The Hall–Kier alpha value is -2.12. The molecule has 0 bridgehead atoms. The van der Waals surface area contributed by atoms with Crippen LogP contribution in [-0.4, -0.2) is 37.5 Å².